The van der Waals surface area contributed by atoms with E-state index in [9.17, 15) is 20.1 Å². The van der Waals surface area contributed by atoms with Gasteiger partial charge in [0.1, 0.15) is 24.1 Å². The number of ether oxygens (including phenoxy) is 4. The molecular formula is C38H50N4O9. The number of aromatic carboxylic acids is 1. The number of aliphatic hydroxyl groups excluding tert-OH is 2. The van der Waals surface area contributed by atoms with Crippen molar-refractivity contribution in [2.45, 2.75) is 88.2 Å². The summed E-state index contributed by atoms with van der Waals surface area (Å²) in [6, 6.07) is 4.94. The molecular weight excluding hydrogens is 656 g/mol. The normalized spacial score (nSPS) is 28.9. The van der Waals surface area contributed by atoms with E-state index < -0.39 is 30.0 Å². The first-order valence-electron chi connectivity index (χ1n) is 18.2. The van der Waals surface area contributed by atoms with Crippen LogP contribution >= 0.6 is 0 Å². The molecule has 2 aliphatic heterocycles. The molecule has 2 aromatic rings. The molecule has 6 rings (SSSR count). The number of carboxylic acids is 1. The van der Waals surface area contributed by atoms with E-state index in [1.165, 1.54) is 10.9 Å². The molecule has 0 spiro atoms. The molecule has 2 aliphatic carbocycles. The number of benzene rings is 1. The average Bonchev–Trinajstić information content (AvgIpc) is 3.64. The zero-order chi connectivity index (χ0) is 35.8. The molecule has 1 aromatic heterocycles. The molecule has 1 saturated carbocycles. The van der Waals surface area contributed by atoms with Crippen LogP contribution in [0.4, 0.5) is 0 Å². The van der Waals surface area contributed by atoms with Gasteiger partial charge in [0.15, 0.2) is 5.69 Å². The Balaban J connectivity index is 1.59. The predicted molar refractivity (Wildman–Crippen MR) is 188 cm³/mol. The molecule has 0 bridgehead atoms. The van der Waals surface area contributed by atoms with Crippen molar-refractivity contribution in [2.24, 2.45) is 22.9 Å². The molecule has 1 saturated heterocycles. The van der Waals surface area contributed by atoms with E-state index in [0.717, 1.165) is 49.7 Å². The summed E-state index contributed by atoms with van der Waals surface area (Å²) in [5, 5.41) is 42.9. The standard InChI is InChI=1S/C38H50N4O9/c1-3-18-47-26-14-15-32-29(22-26)35-27(12-6-9-17-44)25(11-5-8-16-43)21-28-30(40-51-34-13-7-10-20-48-34)23-33(42-31(37(45)46)24-39-41-42)38(50-32,36(28)35)49-19-4-2/h3-4,14-15,21-22,24-25,27,33-36,43-44H,1-2,5-13,16-20,23H2,(H,45,46). The number of hydrogen-bond donors (Lipinski definition) is 3. The van der Waals surface area contributed by atoms with Gasteiger partial charge in [0, 0.05) is 37.5 Å². The molecule has 0 radical (unpaired) electrons. The summed E-state index contributed by atoms with van der Waals surface area (Å²) in [4.78, 5) is 18.7. The molecule has 13 nitrogen and oxygen atoms in total. The Kier molecular flexibility index (Phi) is 12.2. The highest BCUT2D eigenvalue weighted by atomic mass is 16.8. The zero-order valence-electron chi connectivity index (χ0n) is 29.1. The second-order valence-corrected chi connectivity index (χ2v) is 13.6. The molecule has 1 aromatic carbocycles. The van der Waals surface area contributed by atoms with E-state index in [-0.39, 0.29) is 49.7 Å². The highest BCUT2D eigenvalue weighted by Crippen LogP contribution is 2.63. The van der Waals surface area contributed by atoms with E-state index in [0.29, 0.717) is 49.7 Å². The lowest BCUT2D eigenvalue weighted by Gasteiger charge is -2.58. The Bertz CT molecular complexity index is 1580. The van der Waals surface area contributed by atoms with Crippen molar-refractivity contribution in [2.75, 3.05) is 33.0 Å². The van der Waals surface area contributed by atoms with Crippen molar-refractivity contribution in [3.8, 4) is 11.5 Å². The topological polar surface area (TPSA) is 167 Å². The Hall–Kier alpha value is -4.04. The Morgan fingerprint density at radius 1 is 1.10 bits per heavy atom. The summed E-state index contributed by atoms with van der Waals surface area (Å²) in [7, 11) is 0. The molecule has 3 heterocycles. The summed E-state index contributed by atoms with van der Waals surface area (Å²) >= 11 is 0. The van der Waals surface area contributed by atoms with E-state index in [1.807, 2.05) is 18.2 Å². The molecule has 276 valence electrons. The highest BCUT2D eigenvalue weighted by Gasteiger charge is 2.65. The van der Waals surface area contributed by atoms with E-state index in [1.54, 1.807) is 12.2 Å². The van der Waals surface area contributed by atoms with Crippen LogP contribution in [0, 0.1) is 17.8 Å². The van der Waals surface area contributed by atoms with Crippen LogP contribution in [0.1, 0.15) is 92.2 Å². The van der Waals surface area contributed by atoms with Gasteiger partial charge in [0.2, 0.25) is 12.1 Å². The summed E-state index contributed by atoms with van der Waals surface area (Å²) in [5.74, 6) is -1.93. The van der Waals surface area contributed by atoms with Gasteiger partial charge < -0.3 is 39.1 Å². The summed E-state index contributed by atoms with van der Waals surface area (Å²) in [5.41, 5.74) is 2.38. The number of aromatic nitrogens is 3. The molecule has 7 unspecified atom stereocenters. The van der Waals surface area contributed by atoms with Crippen LogP contribution in [0.15, 0.2) is 66.5 Å². The van der Waals surface area contributed by atoms with Crippen molar-refractivity contribution < 1.29 is 43.9 Å². The minimum atomic E-state index is -1.45. The third-order valence-corrected chi connectivity index (χ3v) is 10.5. The molecule has 7 atom stereocenters. The number of rotatable bonds is 18. The van der Waals surface area contributed by atoms with Gasteiger partial charge in [0.25, 0.3) is 0 Å². The third kappa shape index (κ3) is 7.62. The fourth-order valence-corrected chi connectivity index (χ4v) is 8.37. The second kappa shape index (κ2) is 17.0. The number of unbranched alkanes of at least 4 members (excludes halogenated alkanes) is 2. The first kappa shape index (κ1) is 36.7. The summed E-state index contributed by atoms with van der Waals surface area (Å²) < 4.78 is 27.2. The van der Waals surface area contributed by atoms with Crippen molar-refractivity contribution in [1.82, 2.24) is 15.0 Å². The van der Waals surface area contributed by atoms with Crippen molar-refractivity contribution in [3.63, 3.8) is 0 Å². The quantitative estimate of drug-likeness (QED) is 0.101. The zero-order valence-corrected chi connectivity index (χ0v) is 29.1. The fourth-order valence-electron chi connectivity index (χ4n) is 8.37. The summed E-state index contributed by atoms with van der Waals surface area (Å²) in [6.45, 7) is 8.98. The molecule has 13 heteroatoms. The molecule has 4 aliphatic rings. The maximum absolute atomic E-state index is 12.6. The number of carbonyl (C=O) groups is 1. The van der Waals surface area contributed by atoms with Gasteiger partial charge in [-0.1, -0.05) is 48.0 Å². The highest BCUT2D eigenvalue weighted by molar-refractivity contribution is 6.02. The van der Waals surface area contributed by atoms with Gasteiger partial charge in [0.05, 0.1) is 31.0 Å². The summed E-state index contributed by atoms with van der Waals surface area (Å²) in [6.07, 6.45) is 13.8. The fraction of sp³-hybridized carbons (Fsp3) is 0.579. The van der Waals surface area contributed by atoms with Crippen molar-refractivity contribution in [1.29, 1.82) is 0 Å². The van der Waals surface area contributed by atoms with Gasteiger partial charge >= 0.3 is 5.97 Å². The minimum absolute atomic E-state index is 0.0605. The Morgan fingerprint density at radius 3 is 2.63 bits per heavy atom. The smallest absolute Gasteiger partial charge is 0.355 e. The number of oxime groups is 1. The number of carboxylic acid groups (broad SMARTS) is 1. The first-order valence-corrected chi connectivity index (χ1v) is 18.2. The SMILES string of the molecule is C=CCOc1ccc2c(c1)C1C(CCCCO)C(CCCCO)C=C3C(=NOC4CCCCO4)CC(n4nncc4C(=O)O)C(OCC=C)(O2)C31. The largest absolute Gasteiger partial charge is 0.490 e. The minimum Gasteiger partial charge on any atom is -0.490 e. The van der Waals surface area contributed by atoms with Crippen LogP contribution in [-0.4, -0.2) is 87.1 Å². The van der Waals surface area contributed by atoms with Gasteiger partial charge in [-0.25, -0.2) is 9.48 Å². The predicted octanol–water partition coefficient (Wildman–Crippen LogP) is 5.57. The number of hydrogen-bond acceptors (Lipinski definition) is 11. The van der Waals surface area contributed by atoms with E-state index in [4.69, 9.17) is 28.9 Å². The lowest BCUT2D eigenvalue weighted by atomic mass is 9.55. The maximum Gasteiger partial charge on any atom is 0.355 e. The monoisotopic (exact) mass is 706 g/mol. The number of nitrogens with zero attached hydrogens (tertiary/aromatic N) is 4. The van der Waals surface area contributed by atoms with Gasteiger partial charge in [-0.3, -0.25) is 0 Å². The Labute approximate surface area is 298 Å². The van der Waals surface area contributed by atoms with E-state index in [2.05, 4.69) is 29.5 Å². The molecule has 3 N–H and O–H groups in total. The van der Waals surface area contributed by atoms with E-state index >= 15 is 0 Å². The van der Waals surface area contributed by atoms with Crippen LogP contribution in [-0.2, 0) is 14.3 Å². The number of aliphatic hydroxyl groups is 2. The number of fused-ring (bicyclic) bond motifs is 2. The van der Waals surface area contributed by atoms with Crippen LogP contribution in [0.3, 0.4) is 0 Å². The van der Waals surface area contributed by atoms with Crippen LogP contribution in [0.2, 0.25) is 0 Å². The average molecular weight is 707 g/mol. The number of allylic oxidation sites excluding steroid dienone is 1. The van der Waals surface area contributed by atoms with Crippen LogP contribution in [0.25, 0.3) is 0 Å². The molecule has 51 heavy (non-hydrogen) atoms. The molecule has 0 amide bonds. The second-order valence-electron chi connectivity index (χ2n) is 13.6. The molecule has 2 fully saturated rings. The maximum atomic E-state index is 12.6. The lowest BCUT2D eigenvalue weighted by molar-refractivity contribution is -0.252. The van der Waals surface area contributed by atoms with Crippen molar-refractivity contribution in [3.05, 3.63) is 72.6 Å². The lowest BCUT2D eigenvalue weighted by Crippen LogP contribution is -2.63. The third-order valence-electron chi connectivity index (χ3n) is 10.5. The first-order chi connectivity index (χ1) is 24.9. The van der Waals surface area contributed by atoms with Crippen molar-refractivity contribution >= 4 is 11.7 Å². The Morgan fingerprint density at radius 2 is 1.90 bits per heavy atom. The van der Waals surface area contributed by atoms with Crippen LogP contribution < -0.4 is 9.47 Å². The van der Waals surface area contributed by atoms with Gasteiger partial charge in [-0.05, 0) is 74.1 Å². The van der Waals surface area contributed by atoms with Gasteiger partial charge in [-0.2, -0.15) is 0 Å². The van der Waals surface area contributed by atoms with Gasteiger partial charge in [-0.15, -0.1) is 11.7 Å². The van der Waals surface area contributed by atoms with Crippen LogP contribution in [0.5, 0.6) is 11.5 Å².